The van der Waals surface area contributed by atoms with Gasteiger partial charge in [0, 0.05) is 10.1 Å². The number of anilines is 1. The van der Waals surface area contributed by atoms with Crippen LogP contribution in [0.5, 0.6) is 0 Å². The second-order valence-corrected chi connectivity index (χ2v) is 5.84. The Morgan fingerprint density at radius 3 is 2.50 bits per heavy atom. The van der Waals surface area contributed by atoms with E-state index in [2.05, 4.69) is 59.7 Å². The number of halogens is 1. The first kappa shape index (κ1) is 11.8. The molecular formula is C11H17IN2. The molecule has 1 heterocycles. The summed E-state index contributed by atoms with van der Waals surface area (Å²) in [5, 5.41) is 3.34. The van der Waals surface area contributed by atoms with Crippen LogP contribution in [0.25, 0.3) is 0 Å². The molecule has 1 aromatic rings. The number of hydrogen-bond donors (Lipinski definition) is 1. The number of rotatable bonds is 2. The van der Waals surface area contributed by atoms with Crippen LogP contribution in [-0.4, -0.2) is 11.5 Å². The van der Waals surface area contributed by atoms with Gasteiger partial charge in [-0.1, -0.05) is 20.8 Å². The van der Waals surface area contributed by atoms with Crippen molar-refractivity contribution in [3.63, 3.8) is 0 Å². The molecule has 1 aromatic heterocycles. The van der Waals surface area contributed by atoms with Crippen LogP contribution in [0.4, 0.5) is 5.82 Å². The smallest absolute Gasteiger partial charge is 0.126 e. The number of nitrogens with one attached hydrogen (secondary N) is 1. The molecule has 0 aliphatic rings. The van der Waals surface area contributed by atoms with E-state index in [9.17, 15) is 0 Å². The van der Waals surface area contributed by atoms with E-state index in [1.54, 1.807) is 0 Å². The first-order chi connectivity index (χ1) is 6.38. The third kappa shape index (κ3) is 3.82. The summed E-state index contributed by atoms with van der Waals surface area (Å²) in [5.41, 5.74) is 1.38. The normalized spacial score (nSPS) is 11.5. The van der Waals surface area contributed by atoms with Gasteiger partial charge < -0.3 is 5.32 Å². The molecule has 0 saturated carbocycles. The molecule has 78 valence electrons. The van der Waals surface area contributed by atoms with E-state index in [0.717, 1.165) is 18.1 Å². The summed E-state index contributed by atoms with van der Waals surface area (Å²) in [6.07, 6.45) is 0. The standard InChI is InChI=1S/C11H17IN2/c1-8-9(12)5-6-10(14-8)13-7-11(2,3)4/h5-6H,7H2,1-4H3,(H,13,14). The van der Waals surface area contributed by atoms with Gasteiger partial charge in [-0.05, 0) is 47.1 Å². The maximum Gasteiger partial charge on any atom is 0.126 e. The van der Waals surface area contributed by atoms with Gasteiger partial charge in [0.15, 0.2) is 0 Å². The van der Waals surface area contributed by atoms with Gasteiger partial charge in [-0.25, -0.2) is 4.98 Å². The van der Waals surface area contributed by atoms with Crippen LogP contribution in [0.1, 0.15) is 26.5 Å². The third-order valence-electron chi connectivity index (χ3n) is 1.82. The minimum Gasteiger partial charge on any atom is -0.370 e. The van der Waals surface area contributed by atoms with E-state index in [0.29, 0.717) is 5.41 Å². The quantitative estimate of drug-likeness (QED) is 0.847. The average molecular weight is 304 g/mol. The van der Waals surface area contributed by atoms with Crippen LogP contribution in [-0.2, 0) is 0 Å². The summed E-state index contributed by atoms with van der Waals surface area (Å²) in [7, 11) is 0. The van der Waals surface area contributed by atoms with Crippen molar-refractivity contribution in [3.8, 4) is 0 Å². The number of aryl methyl sites for hydroxylation is 1. The Morgan fingerprint density at radius 2 is 2.00 bits per heavy atom. The molecule has 0 radical (unpaired) electrons. The lowest BCUT2D eigenvalue weighted by Gasteiger charge is -2.19. The lowest BCUT2D eigenvalue weighted by atomic mass is 9.97. The SMILES string of the molecule is Cc1nc(NCC(C)(C)C)ccc1I. The van der Waals surface area contributed by atoms with E-state index in [1.807, 2.05) is 13.0 Å². The van der Waals surface area contributed by atoms with Gasteiger partial charge in [-0.2, -0.15) is 0 Å². The maximum absolute atomic E-state index is 4.46. The molecule has 14 heavy (non-hydrogen) atoms. The zero-order valence-electron chi connectivity index (χ0n) is 9.19. The predicted octanol–water partition coefficient (Wildman–Crippen LogP) is 3.45. The number of nitrogens with zero attached hydrogens (tertiary/aromatic N) is 1. The highest BCUT2D eigenvalue weighted by Gasteiger charge is 2.09. The zero-order chi connectivity index (χ0) is 10.8. The molecule has 0 aromatic carbocycles. The van der Waals surface area contributed by atoms with Crippen LogP contribution < -0.4 is 5.32 Å². The second-order valence-electron chi connectivity index (χ2n) is 4.68. The topological polar surface area (TPSA) is 24.9 Å². The monoisotopic (exact) mass is 304 g/mol. The fraction of sp³-hybridized carbons (Fsp3) is 0.545. The Bertz CT molecular complexity index is 316. The van der Waals surface area contributed by atoms with Crippen molar-refractivity contribution in [2.45, 2.75) is 27.7 Å². The minimum absolute atomic E-state index is 0.290. The fourth-order valence-electron chi connectivity index (χ4n) is 0.998. The molecule has 3 heteroatoms. The van der Waals surface area contributed by atoms with Crippen molar-refractivity contribution in [1.82, 2.24) is 4.98 Å². The first-order valence-corrected chi connectivity index (χ1v) is 5.83. The average Bonchev–Trinajstić information content (AvgIpc) is 2.06. The van der Waals surface area contributed by atoms with Crippen LogP contribution >= 0.6 is 22.6 Å². The Kier molecular flexibility index (Phi) is 3.75. The van der Waals surface area contributed by atoms with Crippen molar-refractivity contribution in [2.24, 2.45) is 5.41 Å². The second kappa shape index (κ2) is 4.47. The molecule has 0 spiro atoms. The molecule has 1 rings (SSSR count). The van der Waals surface area contributed by atoms with E-state index in [1.165, 1.54) is 3.57 Å². The number of aromatic nitrogens is 1. The summed E-state index contributed by atoms with van der Waals surface area (Å²) in [4.78, 5) is 4.46. The summed E-state index contributed by atoms with van der Waals surface area (Å²) in [6.45, 7) is 9.60. The Morgan fingerprint density at radius 1 is 1.36 bits per heavy atom. The van der Waals surface area contributed by atoms with E-state index < -0.39 is 0 Å². The molecule has 0 unspecified atom stereocenters. The molecule has 2 nitrogen and oxygen atoms in total. The van der Waals surface area contributed by atoms with Crippen molar-refractivity contribution >= 4 is 28.4 Å². The number of hydrogen-bond acceptors (Lipinski definition) is 2. The van der Waals surface area contributed by atoms with Crippen LogP contribution in [0.2, 0.25) is 0 Å². The molecule has 1 N–H and O–H groups in total. The zero-order valence-corrected chi connectivity index (χ0v) is 11.3. The predicted molar refractivity (Wildman–Crippen MR) is 69.6 cm³/mol. The molecule has 0 fully saturated rings. The summed E-state index contributed by atoms with van der Waals surface area (Å²) in [5.74, 6) is 0.970. The van der Waals surface area contributed by atoms with Gasteiger partial charge in [0.2, 0.25) is 0 Å². The van der Waals surface area contributed by atoms with Crippen molar-refractivity contribution < 1.29 is 0 Å². The highest BCUT2D eigenvalue weighted by Crippen LogP contribution is 2.16. The van der Waals surface area contributed by atoms with Crippen molar-refractivity contribution in [1.29, 1.82) is 0 Å². The minimum atomic E-state index is 0.290. The first-order valence-electron chi connectivity index (χ1n) is 4.75. The number of pyridine rings is 1. The molecule has 0 aliphatic carbocycles. The van der Waals surface area contributed by atoms with Crippen molar-refractivity contribution in [3.05, 3.63) is 21.4 Å². The highest BCUT2D eigenvalue weighted by molar-refractivity contribution is 14.1. The van der Waals surface area contributed by atoms with Crippen LogP contribution in [0.15, 0.2) is 12.1 Å². The maximum atomic E-state index is 4.46. The van der Waals surface area contributed by atoms with E-state index in [-0.39, 0.29) is 0 Å². The van der Waals surface area contributed by atoms with Gasteiger partial charge >= 0.3 is 0 Å². The molecule has 0 bridgehead atoms. The Labute approximate surface area is 99.7 Å². The lowest BCUT2D eigenvalue weighted by molar-refractivity contribution is 0.442. The summed E-state index contributed by atoms with van der Waals surface area (Å²) in [6, 6.07) is 4.12. The van der Waals surface area contributed by atoms with E-state index in [4.69, 9.17) is 0 Å². The molecular weight excluding hydrogens is 287 g/mol. The summed E-state index contributed by atoms with van der Waals surface area (Å²) >= 11 is 2.30. The third-order valence-corrected chi connectivity index (χ3v) is 2.96. The van der Waals surface area contributed by atoms with Crippen LogP contribution in [0.3, 0.4) is 0 Å². The van der Waals surface area contributed by atoms with Gasteiger partial charge in [-0.3, -0.25) is 0 Å². The molecule has 0 saturated heterocycles. The van der Waals surface area contributed by atoms with Gasteiger partial charge in [0.1, 0.15) is 5.82 Å². The molecule has 0 aliphatic heterocycles. The molecule has 0 amide bonds. The Hall–Kier alpha value is -0.320. The summed E-state index contributed by atoms with van der Waals surface area (Å²) < 4.78 is 1.21. The van der Waals surface area contributed by atoms with E-state index >= 15 is 0 Å². The van der Waals surface area contributed by atoms with Gasteiger partial charge in [0.05, 0.1) is 5.69 Å². The Balaban J connectivity index is 2.65. The molecule has 0 atom stereocenters. The lowest BCUT2D eigenvalue weighted by Crippen LogP contribution is -2.19. The highest BCUT2D eigenvalue weighted by atomic mass is 127. The van der Waals surface area contributed by atoms with Crippen LogP contribution in [0, 0.1) is 15.9 Å². The fourth-order valence-corrected chi connectivity index (χ4v) is 1.30. The van der Waals surface area contributed by atoms with Crippen molar-refractivity contribution in [2.75, 3.05) is 11.9 Å². The largest absolute Gasteiger partial charge is 0.370 e. The van der Waals surface area contributed by atoms with Gasteiger partial charge in [-0.15, -0.1) is 0 Å². The van der Waals surface area contributed by atoms with Gasteiger partial charge in [0.25, 0.3) is 0 Å².